The predicted octanol–water partition coefficient (Wildman–Crippen LogP) is 3.22. The van der Waals surface area contributed by atoms with Crippen LogP contribution in [0.15, 0.2) is 0 Å². The number of thioether (sulfide) groups is 1. The van der Waals surface area contributed by atoms with Gasteiger partial charge in [-0.15, -0.1) is 11.3 Å². The summed E-state index contributed by atoms with van der Waals surface area (Å²) in [6.45, 7) is 10.7. The molecule has 2 atom stereocenters. The predicted molar refractivity (Wildman–Crippen MR) is 93.1 cm³/mol. The van der Waals surface area contributed by atoms with Crippen LogP contribution in [0.25, 0.3) is 10.2 Å². The van der Waals surface area contributed by atoms with Gasteiger partial charge in [-0.05, 0) is 26.3 Å². The maximum absolute atomic E-state index is 6.17. The average Bonchev–Trinajstić information content (AvgIpc) is 2.71. The molecule has 3 heterocycles. The molecule has 0 amide bonds. The van der Waals surface area contributed by atoms with E-state index >= 15 is 0 Å². The molecule has 0 saturated carbocycles. The van der Waals surface area contributed by atoms with Crippen molar-refractivity contribution in [3.8, 4) is 0 Å². The van der Waals surface area contributed by atoms with Crippen LogP contribution < -0.4 is 5.73 Å². The van der Waals surface area contributed by atoms with Crippen LogP contribution in [-0.4, -0.2) is 38.5 Å². The van der Waals surface area contributed by atoms with Crippen molar-refractivity contribution >= 4 is 39.1 Å². The molecule has 2 aromatic rings. The van der Waals surface area contributed by atoms with Gasteiger partial charge in [-0.1, -0.05) is 6.92 Å². The Kier molecular flexibility index (Phi) is 4.12. The molecule has 2 aromatic heterocycles. The molecule has 0 spiro atoms. The summed E-state index contributed by atoms with van der Waals surface area (Å²) in [5.41, 5.74) is 7.39. The molecule has 1 aliphatic rings. The van der Waals surface area contributed by atoms with Crippen molar-refractivity contribution < 1.29 is 0 Å². The highest BCUT2D eigenvalue weighted by molar-refractivity contribution is 8.00. The van der Waals surface area contributed by atoms with E-state index in [1.165, 1.54) is 16.2 Å². The number of thiophene rings is 1. The van der Waals surface area contributed by atoms with E-state index in [0.29, 0.717) is 17.1 Å². The van der Waals surface area contributed by atoms with Gasteiger partial charge < -0.3 is 5.73 Å². The van der Waals surface area contributed by atoms with Crippen molar-refractivity contribution in [1.29, 1.82) is 0 Å². The number of aryl methyl sites for hydroxylation is 2. The Balaban J connectivity index is 1.91. The standard InChI is InChI=1S/C15H22N4S2/c1-8-10(3)21-15-13(8)14(16)17-12(18-15)7-19-5-6-20-11(4)9(19)2/h9,11H,5-7H2,1-4H3,(H2,16,17,18). The number of nitrogens with zero attached hydrogens (tertiary/aromatic N) is 3. The maximum atomic E-state index is 6.17. The first-order valence-electron chi connectivity index (χ1n) is 7.35. The molecule has 6 heteroatoms. The smallest absolute Gasteiger partial charge is 0.146 e. The van der Waals surface area contributed by atoms with E-state index < -0.39 is 0 Å². The van der Waals surface area contributed by atoms with Crippen molar-refractivity contribution in [2.24, 2.45) is 0 Å². The average molecular weight is 323 g/mol. The van der Waals surface area contributed by atoms with Crippen LogP contribution in [0, 0.1) is 13.8 Å². The molecule has 2 unspecified atom stereocenters. The Bertz CT molecular complexity index is 667. The van der Waals surface area contributed by atoms with Crippen LogP contribution >= 0.6 is 23.1 Å². The van der Waals surface area contributed by atoms with Crippen LogP contribution in [0.2, 0.25) is 0 Å². The van der Waals surface area contributed by atoms with Crippen molar-refractivity contribution in [2.75, 3.05) is 18.0 Å². The summed E-state index contributed by atoms with van der Waals surface area (Å²) in [5, 5.41) is 1.70. The Morgan fingerprint density at radius 3 is 2.81 bits per heavy atom. The zero-order chi connectivity index (χ0) is 15.1. The molecule has 0 aliphatic carbocycles. The first-order valence-corrected chi connectivity index (χ1v) is 9.21. The van der Waals surface area contributed by atoms with Gasteiger partial charge >= 0.3 is 0 Å². The van der Waals surface area contributed by atoms with Crippen LogP contribution in [0.3, 0.4) is 0 Å². The third kappa shape index (κ3) is 2.76. The van der Waals surface area contributed by atoms with Gasteiger partial charge in [-0.3, -0.25) is 4.90 Å². The molecule has 0 aromatic carbocycles. The molecule has 1 aliphatic heterocycles. The van der Waals surface area contributed by atoms with Crippen molar-refractivity contribution in [1.82, 2.24) is 14.9 Å². The fourth-order valence-electron chi connectivity index (χ4n) is 2.80. The monoisotopic (exact) mass is 322 g/mol. The fraction of sp³-hybridized carbons (Fsp3) is 0.600. The number of hydrogen-bond acceptors (Lipinski definition) is 6. The third-order valence-corrected chi connectivity index (χ3v) is 6.90. The van der Waals surface area contributed by atoms with Gasteiger partial charge in [-0.2, -0.15) is 11.8 Å². The first kappa shape index (κ1) is 15.1. The minimum Gasteiger partial charge on any atom is -0.383 e. The quantitative estimate of drug-likeness (QED) is 0.920. The second-order valence-electron chi connectivity index (χ2n) is 5.78. The summed E-state index contributed by atoms with van der Waals surface area (Å²) in [6, 6.07) is 0.552. The maximum Gasteiger partial charge on any atom is 0.146 e. The number of rotatable bonds is 2. The molecular formula is C15H22N4S2. The number of hydrogen-bond donors (Lipinski definition) is 1. The van der Waals surface area contributed by atoms with Gasteiger partial charge in [0, 0.05) is 28.5 Å². The first-order chi connectivity index (χ1) is 9.97. The zero-order valence-corrected chi connectivity index (χ0v) is 14.6. The highest BCUT2D eigenvalue weighted by Gasteiger charge is 2.26. The zero-order valence-electron chi connectivity index (χ0n) is 13.0. The SMILES string of the molecule is Cc1sc2nc(CN3CCSC(C)C3C)nc(N)c2c1C. The largest absolute Gasteiger partial charge is 0.383 e. The summed E-state index contributed by atoms with van der Waals surface area (Å²) in [6.07, 6.45) is 0. The third-order valence-electron chi connectivity index (χ3n) is 4.46. The van der Waals surface area contributed by atoms with Crippen LogP contribution in [-0.2, 0) is 6.54 Å². The van der Waals surface area contributed by atoms with Crippen LogP contribution in [0.5, 0.6) is 0 Å². The molecule has 0 radical (unpaired) electrons. The molecule has 21 heavy (non-hydrogen) atoms. The summed E-state index contributed by atoms with van der Waals surface area (Å²) >= 11 is 3.76. The molecule has 2 N–H and O–H groups in total. The second-order valence-corrected chi connectivity index (χ2v) is 8.46. The van der Waals surface area contributed by atoms with Gasteiger partial charge in [0.05, 0.1) is 11.9 Å². The Hall–Kier alpha value is -0.850. The minimum absolute atomic E-state index is 0.552. The van der Waals surface area contributed by atoms with E-state index in [2.05, 4.69) is 37.6 Å². The summed E-state index contributed by atoms with van der Waals surface area (Å²) in [7, 11) is 0. The molecule has 0 bridgehead atoms. The van der Waals surface area contributed by atoms with E-state index in [9.17, 15) is 0 Å². The van der Waals surface area contributed by atoms with Crippen LogP contribution in [0.4, 0.5) is 5.82 Å². The molecule has 3 rings (SSSR count). The lowest BCUT2D eigenvalue weighted by atomic mass is 10.2. The summed E-state index contributed by atoms with van der Waals surface area (Å²) in [5.74, 6) is 2.66. The summed E-state index contributed by atoms with van der Waals surface area (Å²) in [4.78, 5) is 14.1. The Labute approximate surface area is 134 Å². The second kappa shape index (κ2) is 5.74. The molecule has 1 saturated heterocycles. The van der Waals surface area contributed by atoms with Gasteiger partial charge in [0.15, 0.2) is 0 Å². The van der Waals surface area contributed by atoms with Gasteiger partial charge in [-0.25, -0.2) is 9.97 Å². The van der Waals surface area contributed by atoms with Gasteiger partial charge in [0.25, 0.3) is 0 Å². The normalized spacial score (nSPS) is 23.8. The molecule has 114 valence electrons. The van der Waals surface area contributed by atoms with Gasteiger partial charge in [0.1, 0.15) is 16.5 Å². The van der Waals surface area contributed by atoms with E-state index in [-0.39, 0.29) is 0 Å². The van der Waals surface area contributed by atoms with E-state index in [1.54, 1.807) is 11.3 Å². The summed E-state index contributed by atoms with van der Waals surface area (Å²) < 4.78 is 0. The fourth-order valence-corrected chi connectivity index (χ4v) is 5.02. The van der Waals surface area contributed by atoms with E-state index in [4.69, 9.17) is 10.7 Å². The molecule has 1 fully saturated rings. The minimum atomic E-state index is 0.552. The lowest BCUT2D eigenvalue weighted by Crippen LogP contribution is -2.44. The highest BCUT2D eigenvalue weighted by atomic mass is 32.2. The van der Waals surface area contributed by atoms with Crippen molar-refractivity contribution in [3.63, 3.8) is 0 Å². The number of nitrogen functional groups attached to an aromatic ring is 1. The van der Waals surface area contributed by atoms with Crippen LogP contribution in [0.1, 0.15) is 30.1 Å². The molecule has 4 nitrogen and oxygen atoms in total. The van der Waals surface area contributed by atoms with Gasteiger partial charge in [0.2, 0.25) is 0 Å². The molecular weight excluding hydrogens is 300 g/mol. The number of aromatic nitrogens is 2. The number of anilines is 1. The topological polar surface area (TPSA) is 55.0 Å². The Morgan fingerprint density at radius 1 is 1.29 bits per heavy atom. The highest BCUT2D eigenvalue weighted by Crippen LogP contribution is 2.32. The Morgan fingerprint density at radius 2 is 2.05 bits per heavy atom. The lowest BCUT2D eigenvalue weighted by molar-refractivity contribution is 0.200. The number of fused-ring (bicyclic) bond motifs is 1. The lowest BCUT2D eigenvalue weighted by Gasteiger charge is -2.36. The van der Waals surface area contributed by atoms with E-state index in [0.717, 1.165) is 29.1 Å². The number of nitrogens with two attached hydrogens (primary N) is 1. The van der Waals surface area contributed by atoms with Crippen molar-refractivity contribution in [3.05, 3.63) is 16.3 Å². The van der Waals surface area contributed by atoms with E-state index in [1.807, 2.05) is 11.8 Å². The van der Waals surface area contributed by atoms with Crippen molar-refractivity contribution in [2.45, 2.75) is 45.5 Å².